The molecule has 3 aromatic carbocycles. The van der Waals surface area contributed by atoms with Crippen LogP contribution in [0.25, 0.3) is 10.8 Å². The van der Waals surface area contributed by atoms with Crippen molar-refractivity contribution in [3.8, 4) is 11.5 Å². The smallest absolute Gasteiger partial charge is 0.305 e. The molecule has 1 aromatic heterocycles. The fourth-order valence-electron chi connectivity index (χ4n) is 4.80. The summed E-state index contributed by atoms with van der Waals surface area (Å²) >= 11 is 0. The van der Waals surface area contributed by atoms with Crippen LogP contribution in [0.1, 0.15) is 57.3 Å². The number of hydrogen-bond donors (Lipinski definition) is 5. The average Bonchev–Trinajstić information content (AvgIpc) is 2.96. The second kappa shape index (κ2) is 14.2. The third kappa shape index (κ3) is 8.15. The van der Waals surface area contributed by atoms with Crippen molar-refractivity contribution < 1.29 is 29.0 Å². The number of carboxylic acid groups (broad SMARTS) is 1. The summed E-state index contributed by atoms with van der Waals surface area (Å²) in [5.41, 5.74) is 8.24. The van der Waals surface area contributed by atoms with Gasteiger partial charge in [-0.15, -0.1) is 0 Å². The number of ether oxygens (including phenoxy) is 2. The summed E-state index contributed by atoms with van der Waals surface area (Å²) in [7, 11) is 0. The summed E-state index contributed by atoms with van der Waals surface area (Å²) in [6, 6.07) is 17.4. The Balaban J connectivity index is 1.74. The number of fused-ring (bicyclic) bond motifs is 1. The predicted molar refractivity (Wildman–Crippen MR) is 170 cm³/mol. The largest absolute Gasteiger partial charge is 0.490 e. The van der Waals surface area contributed by atoms with Gasteiger partial charge in [-0.25, -0.2) is 4.98 Å². The van der Waals surface area contributed by atoms with Crippen LogP contribution >= 0.6 is 0 Å². The van der Waals surface area contributed by atoms with Gasteiger partial charge in [-0.05, 0) is 85.8 Å². The van der Waals surface area contributed by atoms with Crippen LogP contribution in [-0.2, 0) is 14.4 Å². The number of nitrogen functional groups attached to an aromatic ring is 1. The molecule has 6 N–H and O–H groups in total. The maximum atomic E-state index is 14.1. The van der Waals surface area contributed by atoms with Gasteiger partial charge in [0.2, 0.25) is 11.8 Å². The zero-order valence-electron chi connectivity index (χ0n) is 25.1. The van der Waals surface area contributed by atoms with E-state index in [-0.39, 0.29) is 18.4 Å². The predicted octanol–water partition coefficient (Wildman–Crippen LogP) is 5.45. The normalized spacial score (nSPS) is 12.3. The zero-order valence-corrected chi connectivity index (χ0v) is 25.1. The van der Waals surface area contributed by atoms with E-state index in [2.05, 4.69) is 20.9 Å². The number of carbonyl (C=O) groups is 3. The molecule has 0 aliphatic carbocycles. The summed E-state index contributed by atoms with van der Waals surface area (Å²) in [6.45, 7) is 7.44. The molecule has 0 radical (unpaired) electrons. The summed E-state index contributed by atoms with van der Waals surface area (Å²) in [4.78, 5) is 41.7. The molecule has 0 aliphatic rings. The third-order valence-electron chi connectivity index (χ3n) is 6.64. The molecule has 1 heterocycles. The first-order valence-electron chi connectivity index (χ1n) is 14.3. The summed E-state index contributed by atoms with van der Waals surface area (Å²) in [5.74, 6) is -0.441. The highest BCUT2D eigenvalue weighted by Gasteiger charge is 2.27. The fraction of sp³-hybridized carbons (Fsp3) is 0.273. The molecule has 2 unspecified atom stereocenters. The standard InChI is InChI=1S/C33H37N5O6/c1-5-43-29-17-23(9-12-28(29)44-19(2)3)31(37-25-10-11-26-21(15-25)13-14-35-32(26)34)33(42)38-27(18-30(40)41)22-7-6-8-24(16-22)36-20(4)39/h6-17,19,27,31,37H,5,18H2,1-4H3,(H2,34,35)(H,36,39)(H,38,42)(H,40,41). The van der Waals surface area contributed by atoms with E-state index in [1.165, 1.54) is 6.92 Å². The Labute approximate surface area is 255 Å². The first-order valence-corrected chi connectivity index (χ1v) is 14.3. The molecule has 4 rings (SSSR count). The van der Waals surface area contributed by atoms with Crippen molar-refractivity contribution in [2.75, 3.05) is 23.0 Å². The zero-order chi connectivity index (χ0) is 31.8. The van der Waals surface area contributed by atoms with E-state index in [0.29, 0.717) is 46.4 Å². The topological polar surface area (TPSA) is 165 Å². The van der Waals surface area contributed by atoms with E-state index in [4.69, 9.17) is 15.2 Å². The van der Waals surface area contributed by atoms with Crippen molar-refractivity contribution in [3.05, 3.63) is 84.1 Å². The van der Waals surface area contributed by atoms with E-state index < -0.39 is 24.0 Å². The van der Waals surface area contributed by atoms with Gasteiger partial charge in [0.05, 0.1) is 25.2 Å². The van der Waals surface area contributed by atoms with Gasteiger partial charge in [0.1, 0.15) is 11.9 Å². The maximum absolute atomic E-state index is 14.1. The molecule has 230 valence electrons. The number of nitrogens with two attached hydrogens (primary N) is 1. The third-order valence-corrected chi connectivity index (χ3v) is 6.64. The van der Waals surface area contributed by atoms with Gasteiger partial charge in [-0.3, -0.25) is 14.4 Å². The number of aliphatic carboxylic acids is 1. The Bertz CT molecular complexity index is 1660. The molecule has 0 saturated heterocycles. The lowest BCUT2D eigenvalue weighted by Gasteiger charge is -2.25. The number of aromatic nitrogens is 1. The number of nitrogens with one attached hydrogen (secondary N) is 3. The van der Waals surface area contributed by atoms with Crippen LogP contribution in [0.4, 0.5) is 17.2 Å². The van der Waals surface area contributed by atoms with Crippen LogP contribution in [-0.4, -0.2) is 40.6 Å². The molecule has 0 bridgehead atoms. The van der Waals surface area contributed by atoms with Crippen LogP contribution < -0.4 is 31.2 Å². The lowest BCUT2D eigenvalue weighted by Crippen LogP contribution is -2.37. The summed E-state index contributed by atoms with van der Waals surface area (Å²) < 4.78 is 11.8. The number of benzene rings is 3. The van der Waals surface area contributed by atoms with Crippen molar-refractivity contribution in [3.63, 3.8) is 0 Å². The Morgan fingerprint density at radius 1 is 0.955 bits per heavy atom. The van der Waals surface area contributed by atoms with Crippen molar-refractivity contribution in [1.82, 2.24) is 10.3 Å². The van der Waals surface area contributed by atoms with Crippen molar-refractivity contribution in [1.29, 1.82) is 0 Å². The fourth-order valence-corrected chi connectivity index (χ4v) is 4.80. The van der Waals surface area contributed by atoms with Gasteiger partial charge in [-0.2, -0.15) is 0 Å². The monoisotopic (exact) mass is 599 g/mol. The van der Waals surface area contributed by atoms with Gasteiger partial charge in [0.25, 0.3) is 0 Å². The molecule has 2 amide bonds. The quantitative estimate of drug-likeness (QED) is 0.134. The number of amides is 2. The Hall–Kier alpha value is -5.32. The van der Waals surface area contributed by atoms with Crippen molar-refractivity contribution >= 4 is 45.7 Å². The van der Waals surface area contributed by atoms with Gasteiger partial charge in [-0.1, -0.05) is 18.2 Å². The van der Waals surface area contributed by atoms with E-state index in [1.807, 2.05) is 39.0 Å². The first-order chi connectivity index (χ1) is 21.0. The number of anilines is 3. The van der Waals surface area contributed by atoms with Crippen LogP contribution in [0.2, 0.25) is 0 Å². The minimum absolute atomic E-state index is 0.0955. The Kier molecular flexibility index (Phi) is 10.2. The molecule has 0 spiro atoms. The molecule has 44 heavy (non-hydrogen) atoms. The lowest BCUT2D eigenvalue weighted by atomic mass is 10.00. The number of hydrogen-bond acceptors (Lipinski definition) is 8. The Morgan fingerprint density at radius 2 is 1.75 bits per heavy atom. The van der Waals surface area contributed by atoms with Crippen LogP contribution in [0.15, 0.2) is 72.9 Å². The number of rotatable bonds is 13. The molecule has 0 saturated carbocycles. The minimum Gasteiger partial charge on any atom is -0.490 e. The highest BCUT2D eigenvalue weighted by molar-refractivity contribution is 5.94. The molecule has 11 heteroatoms. The number of carbonyl (C=O) groups excluding carboxylic acids is 2. The second-order valence-electron chi connectivity index (χ2n) is 10.5. The van der Waals surface area contributed by atoms with Crippen LogP contribution in [0.3, 0.4) is 0 Å². The minimum atomic E-state index is -1.10. The SMILES string of the molecule is CCOc1cc(C(Nc2ccc3c(N)nccc3c2)C(=O)NC(CC(=O)O)c2cccc(NC(C)=O)c2)ccc1OC(C)C. The van der Waals surface area contributed by atoms with Gasteiger partial charge in [0.15, 0.2) is 11.5 Å². The first kappa shape index (κ1) is 31.6. The molecule has 4 aromatic rings. The van der Waals surface area contributed by atoms with Crippen molar-refractivity contribution in [2.24, 2.45) is 0 Å². The second-order valence-corrected chi connectivity index (χ2v) is 10.5. The lowest BCUT2D eigenvalue weighted by molar-refractivity contribution is -0.137. The molecular formula is C33H37N5O6. The van der Waals surface area contributed by atoms with E-state index in [1.54, 1.807) is 54.7 Å². The number of carboxylic acids is 1. The molecule has 2 atom stereocenters. The molecule has 0 fully saturated rings. The van der Waals surface area contributed by atoms with Gasteiger partial charge >= 0.3 is 5.97 Å². The Morgan fingerprint density at radius 3 is 2.45 bits per heavy atom. The summed E-state index contributed by atoms with van der Waals surface area (Å²) in [5, 5.41) is 20.2. The number of nitrogens with zero attached hydrogens (tertiary/aromatic N) is 1. The maximum Gasteiger partial charge on any atom is 0.305 e. The summed E-state index contributed by atoms with van der Waals surface area (Å²) in [6.07, 6.45) is 1.14. The van der Waals surface area contributed by atoms with Gasteiger partial charge in [0, 0.05) is 29.9 Å². The van der Waals surface area contributed by atoms with E-state index >= 15 is 0 Å². The van der Waals surface area contributed by atoms with E-state index in [0.717, 1.165) is 10.8 Å². The van der Waals surface area contributed by atoms with Gasteiger partial charge < -0.3 is 36.3 Å². The van der Waals surface area contributed by atoms with Crippen LogP contribution in [0.5, 0.6) is 11.5 Å². The van der Waals surface area contributed by atoms with E-state index in [9.17, 15) is 19.5 Å². The highest BCUT2D eigenvalue weighted by Crippen LogP contribution is 2.34. The van der Waals surface area contributed by atoms with Crippen LogP contribution in [0, 0.1) is 0 Å². The average molecular weight is 600 g/mol. The van der Waals surface area contributed by atoms with Crippen molar-refractivity contribution in [2.45, 2.75) is 52.3 Å². The molecular weight excluding hydrogens is 562 g/mol. The highest BCUT2D eigenvalue weighted by atomic mass is 16.5. The molecule has 0 aliphatic heterocycles. The number of pyridine rings is 1. The molecule has 11 nitrogen and oxygen atoms in total.